The van der Waals surface area contributed by atoms with E-state index in [9.17, 15) is 13.2 Å². The molecule has 2 N–H and O–H groups in total. The molecule has 0 aliphatic carbocycles. The van der Waals surface area contributed by atoms with Crippen LogP contribution in [0, 0.1) is 17.5 Å². The lowest BCUT2D eigenvalue weighted by Gasteiger charge is -2.04. The van der Waals surface area contributed by atoms with E-state index in [-0.39, 0.29) is 5.69 Å². The summed E-state index contributed by atoms with van der Waals surface area (Å²) in [6.07, 6.45) is 1.36. The van der Waals surface area contributed by atoms with Gasteiger partial charge >= 0.3 is 0 Å². The molecule has 0 unspecified atom stereocenters. The lowest BCUT2D eigenvalue weighted by molar-refractivity contribution is 0.491. The van der Waals surface area contributed by atoms with E-state index in [0.717, 1.165) is 16.3 Å². The van der Waals surface area contributed by atoms with Crippen molar-refractivity contribution in [3.05, 3.63) is 66.1 Å². The molecule has 1 heterocycles. The maximum Gasteiger partial charge on any atom is 0.161 e. The van der Waals surface area contributed by atoms with Gasteiger partial charge in [-0.05, 0) is 0 Å². The Morgan fingerprint density at radius 2 is 1.57 bits per heavy atom. The average Bonchev–Trinajstić information content (AvgIpc) is 2.85. The van der Waals surface area contributed by atoms with Gasteiger partial charge in [0, 0.05) is 17.7 Å². The minimum absolute atomic E-state index is 0.206. The van der Waals surface area contributed by atoms with Crippen molar-refractivity contribution in [2.24, 2.45) is 0 Å². The third-order valence-electron chi connectivity index (χ3n) is 3.03. The molecule has 3 nitrogen and oxygen atoms in total. The first-order valence-corrected chi connectivity index (χ1v) is 6.12. The zero-order valence-corrected chi connectivity index (χ0v) is 10.7. The van der Waals surface area contributed by atoms with Crippen molar-refractivity contribution in [1.82, 2.24) is 9.78 Å². The van der Waals surface area contributed by atoms with Crippen LogP contribution in [0.3, 0.4) is 0 Å². The fourth-order valence-corrected chi connectivity index (χ4v) is 2.02. The molecule has 6 heteroatoms. The van der Waals surface area contributed by atoms with Crippen LogP contribution in [0.5, 0.6) is 0 Å². The lowest BCUT2D eigenvalue weighted by Crippen LogP contribution is -2.01. The molecule has 0 aliphatic rings. The van der Waals surface area contributed by atoms with Crippen molar-refractivity contribution in [2.45, 2.75) is 0 Å². The van der Waals surface area contributed by atoms with Crippen LogP contribution < -0.4 is 5.73 Å². The smallest absolute Gasteiger partial charge is 0.161 e. The van der Waals surface area contributed by atoms with Crippen molar-refractivity contribution in [1.29, 1.82) is 0 Å². The summed E-state index contributed by atoms with van der Waals surface area (Å²) in [5.74, 6) is -3.32. The fourth-order valence-electron chi connectivity index (χ4n) is 2.02. The molecule has 0 spiro atoms. The number of halogens is 3. The van der Waals surface area contributed by atoms with Gasteiger partial charge in [-0.25, -0.2) is 17.9 Å². The minimum atomic E-state index is -1.25. The van der Waals surface area contributed by atoms with Crippen LogP contribution in [0.2, 0.25) is 0 Å². The van der Waals surface area contributed by atoms with Gasteiger partial charge in [0.2, 0.25) is 0 Å². The summed E-state index contributed by atoms with van der Waals surface area (Å²) in [6.45, 7) is 0. The Morgan fingerprint density at radius 1 is 0.905 bits per heavy atom. The van der Waals surface area contributed by atoms with Crippen LogP contribution in [0.25, 0.3) is 16.9 Å². The van der Waals surface area contributed by atoms with Crippen LogP contribution in [-0.2, 0) is 0 Å². The summed E-state index contributed by atoms with van der Waals surface area (Å²) in [7, 11) is 0. The summed E-state index contributed by atoms with van der Waals surface area (Å²) in [5.41, 5.74) is 7.15. The molecule has 0 fully saturated rings. The summed E-state index contributed by atoms with van der Waals surface area (Å²) in [5, 5.41) is 4.14. The van der Waals surface area contributed by atoms with Gasteiger partial charge in [-0.2, -0.15) is 5.10 Å². The van der Waals surface area contributed by atoms with E-state index in [1.807, 2.05) is 18.2 Å². The molecular formula is C15H10F3N3. The summed E-state index contributed by atoms with van der Waals surface area (Å²) < 4.78 is 41.1. The summed E-state index contributed by atoms with van der Waals surface area (Å²) in [4.78, 5) is 0. The number of anilines is 1. The molecule has 0 amide bonds. The van der Waals surface area contributed by atoms with Crippen molar-refractivity contribution in [3.8, 4) is 16.9 Å². The zero-order chi connectivity index (χ0) is 15.0. The Kier molecular flexibility index (Phi) is 3.13. The van der Waals surface area contributed by atoms with Gasteiger partial charge in [-0.1, -0.05) is 30.3 Å². The Bertz CT molecular complexity index is 797. The fraction of sp³-hybridized carbons (Fsp3) is 0. The van der Waals surface area contributed by atoms with Gasteiger partial charge < -0.3 is 5.73 Å². The highest BCUT2D eigenvalue weighted by molar-refractivity contribution is 5.72. The third kappa shape index (κ3) is 2.35. The number of aromatic nitrogens is 2. The number of nitrogens with zero attached hydrogens (tertiary/aromatic N) is 2. The largest absolute Gasteiger partial charge is 0.396 e. The predicted molar refractivity (Wildman–Crippen MR) is 73.3 cm³/mol. The van der Waals surface area contributed by atoms with Crippen molar-refractivity contribution in [2.75, 3.05) is 5.73 Å². The predicted octanol–water partition coefficient (Wildman–Crippen LogP) is 3.54. The number of hydrogen-bond acceptors (Lipinski definition) is 2. The van der Waals surface area contributed by atoms with Crippen LogP contribution in [-0.4, -0.2) is 9.78 Å². The quantitative estimate of drug-likeness (QED) is 0.733. The molecule has 0 atom stereocenters. The van der Waals surface area contributed by atoms with Gasteiger partial charge in [0.1, 0.15) is 11.4 Å². The third-order valence-corrected chi connectivity index (χ3v) is 3.03. The van der Waals surface area contributed by atoms with E-state index >= 15 is 0 Å². The monoisotopic (exact) mass is 289 g/mol. The SMILES string of the molecule is Nc1cn(-c2cc(F)c(F)cc2F)nc1-c1ccccc1. The average molecular weight is 289 g/mol. The molecule has 1 aromatic heterocycles. The number of benzene rings is 2. The van der Waals surface area contributed by atoms with Gasteiger partial charge in [0.25, 0.3) is 0 Å². The molecular weight excluding hydrogens is 279 g/mol. The maximum absolute atomic E-state index is 13.8. The van der Waals surface area contributed by atoms with Crippen LogP contribution in [0.4, 0.5) is 18.9 Å². The normalized spacial score (nSPS) is 10.8. The second kappa shape index (κ2) is 4.97. The van der Waals surface area contributed by atoms with Crippen LogP contribution in [0.15, 0.2) is 48.7 Å². The van der Waals surface area contributed by atoms with Crippen molar-refractivity contribution < 1.29 is 13.2 Å². The highest BCUT2D eigenvalue weighted by Gasteiger charge is 2.15. The molecule has 0 bridgehead atoms. The van der Waals surface area contributed by atoms with Gasteiger partial charge in [-0.3, -0.25) is 0 Å². The molecule has 0 aliphatic heterocycles. The standard InChI is InChI=1S/C15H10F3N3/c16-10-6-12(18)14(7-11(10)17)21-8-13(19)15(20-21)9-4-2-1-3-5-9/h1-8H,19H2. The molecule has 3 rings (SSSR count). The van der Waals surface area contributed by atoms with E-state index in [2.05, 4.69) is 5.10 Å². The first-order chi connectivity index (χ1) is 10.1. The van der Waals surface area contributed by atoms with Crippen molar-refractivity contribution in [3.63, 3.8) is 0 Å². The molecule has 106 valence electrons. The molecule has 2 aromatic carbocycles. The first-order valence-electron chi connectivity index (χ1n) is 6.12. The molecule has 0 saturated carbocycles. The van der Waals surface area contributed by atoms with E-state index in [4.69, 9.17) is 5.73 Å². The molecule has 21 heavy (non-hydrogen) atoms. The van der Waals surface area contributed by atoms with Gasteiger partial charge in [0.15, 0.2) is 17.5 Å². The Morgan fingerprint density at radius 3 is 2.29 bits per heavy atom. The Labute approximate surface area is 118 Å². The summed E-state index contributed by atoms with van der Waals surface area (Å²) >= 11 is 0. The van der Waals surface area contributed by atoms with Gasteiger partial charge in [-0.15, -0.1) is 0 Å². The van der Waals surface area contributed by atoms with Crippen LogP contribution >= 0.6 is 0 Å². The number of rotatable bonds is 2. The Hall–Kier alpha value is -2.76. The highest BCUT2D eigenvalue weighted by atomic mass is 19.2. The van der Waals surface area contributed by atoms with E-state index in [1.54, 1.807) is 12.1 Å². The number of nitrogen functional groups attached to an aromatic ring is 1. The topological polar surface area (TPSA) is 43.8 Å². The van der Waals surface area contributed by atoms with Crippen LogP contribution in [0.1, 0.15) is 0 Å². The number of nitrogens with two attached hydrogens (primary N) is 1. The maximum atomic E-state index is 13.8. The Balaban J connectivity index is 2.12. The molecule has 3 aromatic rings. The second-order valence-electron chi connectivity index (χ2n) is 4.46. The zero-order valence-electron chi connectivity index (χ0n) is 10.7. The first kappa shape index (κ1) is 13.2. The molecule has 0 saturated heterocycles. The highest BCUT2D eigenvalue weighted by Crippen LogP contribution is 2.26. The lowest BCUT2D eigenvalue weighted by atomic mass is 10.1. The minimum Gasteiger partial charge on any atom is -0.396 e. The summed E-state index contributed by atoms with van der Waals surface area (Å²) in [6, 6.07) is 10.3. The van der Waals surface area contributed by atoms with E-state index in [0.29, 0.717) is 17.4 Å². The van der Waals surface area contributed by atoms with E-state index < -0.39 is 17.5 Å². The number of hydrogen-bond donors (Lipinski definition) is 1. The molecule has 0 radical (unpaired) electrons. The van der Waals surface area contributed by atoms with Crippen molar-refractivity contribution >= 4 is 5.69 Å². The van der Waals surface area contributed by atoms with Gasteiger partial charge in [0.05, 0.1) is 11.9 Å². The van der Waals surface area contributed by atoms with E-state index in [1.165, 1.54) is 6.20 Å². The second-order valence-corrected chi connectivity index (χ2v) is 4.46.